The fourth-order valence-corrected chi connectivity index (χ4v) is 1.11. The maximum Gasteiger partial charge on any atom is 0.0319 e. The first-order valence-electron chi connectivity index (χ1n) is 5.29. The minimum absolute atomic E-state index is 1.000. The van der Waals surface area contributed by atoms with Gasteiger partial charge in [0.15, 0.2) is 0 Å². The molecule has 0 spiro atoms. The van der Waals surface area contributed by atoms with Crippen molar-refractivity contribution >= 4 is 0 Å². The predicted molar refractivity (Wildman–Crippen MR) is 58.5 cm³/mol. The molecule has 0 saturated heterocycles. The molecule has 0 heterocycles. The van der Waals surface area contributed by atoms with E-state index in [4.69, 9.17) is 5.11 Å². The van der Waals surface area contributed by atoms with Crippen molar-refractivity contribution in [3.8, 4) is 0 Å². The third-order valence-corrected chi connectivity index (χ3v) is 1.85. The Morgan fingerprint density at radius 1 is 0.917 bits per heavy atom. The van der Waals surface area contributed by atoms with Crippen LogP contribution < -0.4 is 0 Å². The predicted octanol–water partition coefficient (Wildman–Crippen LogP) is 3.86. The van der Waals surface area contributed by atoms with E-state index in [1.807, 2.05) is 13.8 Å². The quantitative estimate of drug-likeness (QED) is 0.689. The van der Waals surface area contributed by atoms with Gasteiger partial charge in [-0.3, -0.25) is 0 Å². The Labute approximate surface area is 79.2 Å². The molecule has 1 heteroatoms. The highest BCUT2D eigenvalue weighted by Gasteiger charge is 1.98. The lowest BCUT2D eigenvalue weighted by Crippen LogP contribution is -1.94. The zero-order valence-corrected chi connectivity index (χ0v) is 9.85. The van der Waals surface area contributed by atoms with Gasteiger partial charge in [0.2, 0.25) is 0 Å². The van der Waals surface area contributed by atoms with E-state index in [1.54, 1.807) is 0 Å². The molecule has 78 valence electrons. The molecule has 0 aliphatic carbocycles. The van der Waals surface area contributed by atoms with Crippen LogP contribution in [0.2, 0.25) is 0 Å². The molecular weight excluding hydrogens is 148 g/mol. The van der Waals surface area contributed by atoms with Crippen LogP contribution in [0.25, 0.3) is 0 Å². The van der Waals surface area contributed by atoms with Crippen LogP contribution in [-0.2, 0) is 0 Å². The van der Waals surface area contributed by atoms with Gasteiger partial charge in [0, 0.05) is 7.11 Å². The van der Waals surface area contributed by atoms with Gasteiger partial charge in [0.05, 0.1) is 0 Å². The molecule has 0 aliphatic heterocycles. The van der Waals surface area contributed by atoms with E-state index in [9.17, 15) is 0 Å². The van der Waals surface area contributed by atoms with Gasteiger partial charge >= 0.3 is 0 Å². The van der Waals surface area contributed by atoms with Crippen LogP contribution in [0.1, 0.15) is 60.3 Å². The van der Waals surface area contributed by atoms with E-state index in [2.05, 4.69) is 20.8 Å². The minimum atomic E-state index is 1.000. The second-order valence-electron chi connectivity index (χ2n) is 2.47. The van der Waals surface area contributed by atoms with Gasteiger partial charge in [0.1, 0.15) is 0 Å². The summed E-state index contributed by atoms with van der Waals surface area (Å²) in [7, 11) is 1.00. The average molecular weight is 176 g/mol. The van der Waals surface area contributed by atoms with Crippen LogP contribution in [0.15, 0.2) is 0 Å². The molecule has 0 atom stereocenters. The molecule has 0 aromatic heterocycles. The molecule has 0 aliphatic rings. The Kier molecular flexibility index (Phi) is 33.5. The SMILES string of the molecule is CC.CCCC(CC)CC.CO. The summed E-state index contributed by atoms with van der Waals surface area (Å²) in [5.41, 5.74) is 0. The first kappa shape index (κ1) is 17.9. The summed E-state index contributed by atoms with van der Waals surface area (Å²) in [4.78, 5) is 0. The number of rotatable bonds is 4. The highest BCUT2D eigenvalue weighted by molar-refractivity contribution is 4.51. The summed E-state index contributed by atoms with van der Waals surface area (Å²) in [5.74, 6) is 1.000. The summed E-state index contributed by atoms with van der Waals surface area (Å²) in [6, 6.07) is 0. The first-order valence-corrected chi connectivity index (χ1v) is 5.29. The normalized spacial score (nSPS) is 8.00. The van der Waals surface area contributed by atoms with E-state index in [1.165, 1.54) is 25.7 Å². The standard InChI is InChI=1S/C8H18.C2H6.CH4O/c1-4-7-8(5-2)6-3;2*1-2/h8H,4-7H2,1-3H3;1-2H3;2H,1H3. The van der Waals surface area contributed by atoms with Crippen molar-refractivity contribution in [1.82, 2.24) is 0 Å². The molecule has 0 saturated carbocycles. The zero-order chi connectivity index (χ0) is 10.4. The second-order valence-corrected chi connectivity index (χ2v) is 2.47. The van der Waals surface area contributed by atoms with Crippen LogP contribution in [0, 0.1) is 5.92 Å². The maximum absolute atomic E-state index is 7.00. The minimum Gasteiger partial charge on any atom is -0.400 e. The molecule has 0 rings (SSSR count). The summed E-state index contributed by atoms with van der Waals surface area (Å²) >= 11 is 0. The van der Waals surface area contributed by atoms with Crippen LogP contribution in [0.3, 0.4) is 0 Å². The number of hydrogen-bond donors (Lipinski definition) is 1. The van der Waals surface area contributed by atoms with Crippen molar-refractivity contribution in [3.05, 3.63) is 0 Å². The summed E-state index contributed by atoms with van der Waals surface area (Å²) in [6.07, 6.45) is 5.51. The lowest BCUT2D eigenvalue weighted by atomic mass is 9.98. The van der Waals surface area contributed by atoms with Gasteiger partial charge in [-0.1, -0.05) is 60.3 Å². The summed E-state index contributed by atoms with van der Waals surface area (Å²) < 4.78 is 0. The summed E-state index contributed by atoms with van der Waals surface area (Å²) in [5, 5.41) is 7.00. The van der Waals surface area contributed by atoms with Crippen molar-refractivity contribution in [2.24, 2.45) is 5.92 Å². The van der Waals surface area contributed by atoms with Crippen molar-refractivity contribution in [3.63, 3.8) is 0 Å². The Bertz CT molecular complexity index is 40.3. The smallest absolute Gasteiger partial charge is 0.0319 e. The van der Waals surface area contributed by atoms with E-state index in [0.717, 1.165) is 13.0 Å². The highest BCUT2D eigenvalue weighted by atomic mass is 16.2. The van der Waals surface area contributed by atoms with Gasteiger partial charge in [-0.2, -0.15) is 0 Å². The topological polar surface area (TPSA) is 20.2 Å². The lowest BCUT2D eigenvalue weighted by Gasteiger charge is -2.08. The van der Waals surface area contributed by atoms with Gasteiger partial charge < -0.3 is 5.11 Å². The Morgan fingerprint density at radius 3 is 1.33 bits per heavy atom. The van der Waals surface area contributed by atoms with Gasteiger partial charge in [-0.15, -0.1) is 0 Å². The maximum atomic E-state index is 7.00. The first-order chi connectivity index (χ1) is 5.85. The third kappa shape index (κ3) is 16.5. The van der Waals surface area contributed by atoms with Crippen molar-refractivity contribution in [1.29, 1.82) is 0 Å². The fourth-order valence-electron chi connectivity index (χ4n) is 1.11. The molecule has 0 aromatic carbocycles. The molecule has 0 radical (unpaired) electrons. The van der Waals surface area contributed by atoms with E-state index < -0.39 is 0 Å². The Balaban J connectivity index is -0.000000175. The third-order valence-electron chi connectivity index (χ3n) is 1.85. The molecule has 1 N–H and O–H groups in total. The zero-order valence-electron chi connectivity index (χ0n) is 9.85. The lowest BCUT2D eigenvalue weighted by molar-refractivity contribution is 0.399. The van der Waals surface area contributed by atoms with Crippen LogP contribution in [0.5, 0.6) is 0 Å². The molecule has 0 aromatic rings. The van der Waals surface area contributed by atoms with Crippen molar-refractivity contribution < 1.29 is 5.11 Å². The molecule has 12 heavy (non-hydrogen) atoms. The molecule has 0 fully saturated rings. The number of aliphatic hydroxyl groups is 1. The molecular formula is C11H28O. The van der Waals surface area contributed by atoms with E-state index >= 15 is 0 Å². The van der Waals surface area contributed by atoms with Crippen LogP contribution >= 0.6 is 0 Å². The van der Waals surface area contributed by atoms with Crippen molar-refractivity contribution in [2.45, 2.75) is 60.3 Å². The van der Waals surface area contributed by atoms with E-state index in [-0.39, 0.29) is 0 Å². The highest BCUT2D eigenvalue weighted by Crippen LogP contribution is 2.13. The molecule has 0 amide bonds. The fraction of sp³-hybridized carbons (Fsp3) is 1.00. The van der Waals surface area contributed by atoms with Gasteiger partial charge in [0.25, 0.3) is 0 Å². The van der Waals surface area contributed by atoms with Crippen LogP contribution in [-0.4, -0.2) is 12.2 Å². The molecule has 1 nitrogen and oxygen atoms in total. The second kappa shape index (κ2) is 22.4. The average Bonchev–Trinajstić information content (AvgIpc) is 2.20. The largest absolute Gasteiger partial charge is 0.400 e. The monoisotopic (exact) mass is 176 g/mol. The van der Waals surface area contributed by atoms with E-state index in [0.29, 0.717) is 0 Å². The molecule has 0 unspecified atom stereocenters. The Hall–Kier alpha value is -0.0400. The van der Waals surface area contributed by atoms with Crippen molar-refractivity contribution in [2.75, 3.05) is 7.11 Å². The van der Waals surface area contributed by atoms with Crippen LogP contribution in [0.4, 0.5) is 0 Å². The number of aliphatic hydroxyl groups excluding tert-OH is 1. The van der Waals surface area contributed by atoms with Gasteiger partial charge in [-0.25, -0.2) is 0 Å². The summed E-state index contributed by atoms with van der Waals surface area (Å²) in [6.45, 7) is 10.8. The molecule has 0 bridgehead atoms. The number of hydrogen-bond acceptors (Lipinski definition) is 1. The van der Waals surface area contributed by atoms with Gasteiger partial charge in [-0.05, 0) is 5.92 Å². The Morgan fingerprint density at radius 2 is 1.25 bits per heavy atom.